The lowest BCUT2D eigenvalue weighted by Gasteiger charge is -2.12. The van der Waals surface area contributed by atoms with Gasteiger partial charge < -0.3 is 10.5 Å². The number of imidazole rings is 1. The first kappa shape index (κ1) is 19.6. The van der Waals surface area contributed by atoms with Crippen molar-refractivity contribution < 1.29 is 17.9 Å². The van der Waals surface area contributed by atoms with Gasteiger partial charge in [-0.2, -0.15) is 0 Å². The van der Waals surface area contributed by atoms with Crippen molar-refractivity contribution in [2.24, 2.45) is 0 Å². The third kappa shape index (κ3) is 3.50. The van der Waals surface area contributed by atoms with Crippen LogP contribution in [0.3, 0.4) is 0 Å². The smallest absolute Gasteiger partial charge is 0.331 e. The number of nitrogens with two attached hydrogens (primary N) is 1. The number of carbonyl (C=O) groups is 1. The summed E-state index contributed by atoms with van der Waals surface area (Å²) in [4.78, 5) is 16.1. The Morgan fingerprint density at radius 3 is 2.43 bits per heavy atom. The quantitative estimate of drug-likeness (QED) is 0.523. The van der Waals surface area contributed by atoms with Crippen LogP contribution in [0.25, 0.3) is 16.6 Å². The van der Waals surface area contributed by atoms with Crippen molar-refractivity contribution in [3.05, 3.63) is 65.7 Å². The van der Waals surface area contributed by atoms with Crippen LogP contribution >= 0.6 is 0 Å². The Hall–Kier alpha value is -3.13. The molecule has 3 aromatic rings. The molecule has 0 aliphatic rings. The second-order valence-corrected chi connectivity index (χ2v) is 8.82. The third-order valence-corrected chi connectivity index (χ3v) is 6.43. The summed E-state index contributed by atoms with van der Waals surface area (Å²) in [7, 11) is -2.41. The second kappa shape index (κ2) is 7.47. The van der Waals surface area contributed by atoms with E-state index in [9.17, 15) is 13.2 Å². The van der Waals surface area contributed by atoms with Crippen LogP contribution in [0.2, 0.25) is 0 Å². The van der Waals surface area contributed by atoms with Crippen LogP contribution in [0.4, 0.5) is 5.95 Å². The van der Waals surface area contributed by atoms with Crippen molar-refractivity contribution in [1.82, 2.24) is 8.96 Å². The van der Waals surface area contributed by atoms with Crippen LogP contribution in [0, 0.1) is 0 Å². The number of fused-ring (bicyclic) bond motifs is 1. The zero-order valence-electron chi connectivity index (χ0n) is 15.8. The van der Waals surface area contributed by atoms with Crippen molar-refractivity contribution in [2.45, 2.75) is 19.1 Å². The fraction of sp³-hybridized carbons (Fsp3) is 0.200. The summed E-state index contributed by atoms with van der Waals surface area (Å²) in [6, 6.07) is 14.4. The molecule has 0 fully saturated rings. The monoisotopic (exact) mass is 399 g/mol. The van der Waals surface area contributed by atoms with E-state index in [2.05, 4.69) is 4.98 Å². The first-order chi connectivity index (χ1) is 13.3. The average Bonchev–Trinajstić information content (AvgIpc) is 3.01. The van der Waals surface area contributed by atoms with Gasteiger partial charge in [0.15, 0.2) is 0 Å². The van der Waals surface area contributed by atoms with E-state index >= 15 is 0 Å². The molecule has 0 spiro atoms. The molecule has 0 saturated carbocycles. The molecule has 0 saturated heterocycles. The number of hydrogen-bond donors (Lipinski definition) is 1. The summed E-state index contributed by atoms with van der Waals surface area (Å²) < 4.78 is 31.3. The Kier molecular flexibility index (Phi) is 5.24. The van der Waals surface area contributed by atoms with E-state index < -0.39 is 21.2 Å². The normalized spacial score (nSPS) is 12.5. The van der Waals surface area contributed by atoms with E-state index in [1.54, 1.807) is 32.0 Å². The standard InChI is InChI=1S/C20H21N3O4S/c1-13(2)28(25,26)23-18-11-15(9-10-17(18)22-20(23)21)16(12-19(24)27-3)14-7-5-4-6-8-14/h4-13H,1-3H3,(H2,21,22)/b16-12+. The fourth-order valence-corrected chi connectivity index (χ4v) is 3.99. The number of nitrogens with zero attached hydrogens (tertiary/aromatic N) is 2. The first-order valence-corrected chi connectivity index (χ1v) is 10.1. The molecule has 0 unspecified atom stereocenters. The Bertz CT molecular complexity index is 1160. The SMILES string of the molecule is COC(=O)/C=C(\c1ccccc1)c1ccc2nc(N)n(S(=O)(=O)C(C)C)c2c1. The van der Waals surface area contributed by atoms with Crippen molar-refractivity contribution in [3.63, 3.8) is 0 Å². The minimum atomic E-state index is -3.71. The summed E-state index contributed by atoms with van der Waals surface area (Å²) in [6.07, 6.45) is 1.37. The van der Waals surface area contributed by atoms with Crippen molar-refractivity contribution in [1.29, 1.82) is 0 Å². The maximum Gasteiger partial charge on any atom is 0.331 e. The summed E-state index contributed by atoms with van der Waals surface area (Å²) >= 11 is 0. The van der Waals surface area contributed by atoms with E-state index in [1.165, 1.54) is 13.2 Å². The number of methoxy groups -OCH3 is 1. The van der Waals surface area contributed by atoms with E-state index in [1.807, 2.05) is 30.3 Å². The lowest BCUT2D eigenvalue weighted by Crippen LogP contribution is -2.23. The Labute approximate surface area is 163 Å². The number of carbonyl (C=O) groups excluding carboxylic acids is 1. The Morgan fingerprint density at radius 1 is 1.14 bits per heavy atom. The highest BCUT2D eigenvalue weighted by Gasteiger charge is 2.25. The van der Waals surface area contributed by atoms with Gasteiger partial charge in [0, 0.05) is 6.08 Å². The highest BCUT2D eigenvalue weighted by Crippen LogP contribution is 2.29. The summed E-state index contributed by atoms with van der Waals surface area (Å²) in [6.45, 7) is 3.16. The molecule has 0 atom stereocenters. The van der Waals surface area contributed by atoms with Gasteiger partial charge in [0.05, 0.1) is 23.4 Å². The number of nitrogen functional groups attached to an aromatic ring is 1. The van der Waals surface area contributed by atoms with Crippen LogP contribution in [0.1, 0.15) is 25.0 Å². The predicted octanol–water partition coefficient (Wildman–Crippen LogP) is 2.81. The molecule has 7 nitrogen and oxygen atoms in total. The lowest BCUT2D eigenvalue weighted by atomic mass is 9.97. The van der Waals surface area contributed by atoms with Crippen molar-refractivity contribution in [3.8, 4) is 0 Å². The fourth-order valence-electron chi connectivity index (χ4n) is 2.85. The van der Waals surface area contributed by atoms with E-state index in [0.29, 0.717) is 22.2 Å². The minimum absolute atomic E-state index is 0.0981. The maximum absolute atomic E-state index is 12.8. The van der Waals surface area contributed by atoms with Gasteiger partial charge >= 0.3 is 5.97 Å². The van der Waals surface area contributed by atoms with Gasteiger partial charge in [0.2, 0.25) is 16.0 Å². The van der Waals surface area contributed by atoms with Gasteiger partial charge in [-0.1, -0.05) is 36.4 Å². The highest BCUT2D eigenvalue weighted by atomic mass is 32.2. The van der Waals surface area contributed by atoms with Gasteiger partial charge in [0.1, 0.15) is 0 Å². The molecule has 0 amide bonds. The maximum atomic E-state index is 12.8. The van der Waals surface area contributed by atoms with Crippen LogP contribution < -0.4 is 5.73 Å². The first-order valence-electron chi connectivity index (χ1n) is 8.63. The molecular weight excluding hydrogens is 378 g/mol. The van der Waals surface area contributed by atoms with Crippen molar-refractivity contribution >= 4 is 38.5 Å². The number of ether oxygens (including phenoxy) is 1. The largest absolute Gasteiger partial charge is 0.466 e. The van der Waals surface area contributed by atoms with E-state index in [0.717, 1.165) is 9.54 Å². The van der Waals surface area contributed by atoms with Crippen LogP contribution in [-0.4, -0.2) is 35.7 Å². The van der Waals surface area contributed by atoms with Gasteiger partial charge in [-0.15, -0.1) is 0 Å². The number of esters is 1. The van der Waals surface area contributed by atoms with Crippen LogP contribution in [0.5, 0.6) is 0 Å². The number of rotatable bonds is 5. The van der Waals surface area contributed by atoms with E-state index in [4.69, 9.17) is 10.5 Å². The lowest BCUT2D eigenvalue weighted by molar-refractivity contribution is -0.134. The molecule has 0 aliphatic heterocycles. The molecule has 146 valence electrons. The number of anilines is 1. The minimum Gasteiger partial charge on any atom is -0.466 e. The molecule has 1 heterocycles. The van der Waals surface area contributed by atoms with Gasteiger partial charge in [-0.3, -0.25) is 0 Å². The molecule has 8 heteroatoms. The average molecular weight is 399 g/mol. The topological polar surface area (TPSA) is 104 Å². The number of aromatic nitrogens is 2. The summed E-state index contributed by atoms with van der Waals surface area (Å²) in [5.74, 6) is -0.610. The molecule has 3 rings (SSSR count). The predicted molar refractivity (Wildman–Crippen MR) is 109 cm³/mol. The van der Waals surface area contributed by atoms with Gasteiger partial charge in [0.25, 0.3) is 0 Å². The second-order valence-electron chi connectivity index (χ2n) is 6.48. The Balaban J connectivity index is 2.28. The van der Waals surface area contributed by atoms with E-state index in [-0.39, 0.29) is 5.95 Å². The third-order valence-electron chi connectivity index (χ3n) is 4.35. The summed E-state index contributed by atoms with van der Waals surface area (Å²) in [5, 5.41) is -0.671. The summed E-state index contributed by atoms with van der Waals surface area (Å²) in [5.41, 5.74) is 8.74. The molecule has 2 aromatic carbocycles. The zero-order valence-corrected chi connectivity index (χ0v) is 16.6. The molecule has 2 N–H and O–H groups in total. The van der Waals surface area contributed by atoms with Crippen molar-refractivity contribution in [2.75, 3.05) is 12.8 Å². The molecule has 1 aromatic heterocycles. The Morgan fingerprint density at radius 2 is 1.82 bits per heavy atom. The highest BCUT2D eigenvalue weighted by molar-refractivity contribution is 7.90. The zero-order chi connectivity index (χ0) is 20.5. The number of hydrogen-bond acceptors (Lipinski definition) is 6. The molecule has 28 heavy (non-hydrogen) atoms. The molecule has 0 radical (unpaired) electrons. The van der Waals surface area contributed by atoms with Crippen LogP contribution in [0.15, 0.2) is 54.6 Å². The molecular formula is C20H21N3O4S. The molecule has 0 aliphatic carbocycles. The van der Waals surface area contributed by atoms with Gasteiger partial charge in [-0.25, -0.2) is 22.2 Å². The van der Waals surface area contributed by atoms with Crippen LogP contribution in [-0.2, 0) is 19.6 Å². The van der Waals surface area contributed by atoms with Gasteiger partial charge in [-0.05, 0) is 42.7 Å². The molecule has 0 bridgehead atoms. The number of benzene rings is 2.